The van der Waals surface area contributed by atoms with E-state index in [1.165, 1.54) is 10.5 Å². The molecule has 6 rings (SSSR count). The lowest BCUT2D eigenvalue weighted by atomic mass is 9.69. The normalized spacial score (nSPS) is 22.7. The molecule has 9 heteroatoms. The maximum absolute atomic E-state index is 14.0. The first-order valence-corrected chi connectivity index (χ1v) is 16.8. The number of anilines is 3. The number of halogens is 1. The van der Waals surface area contributed by atoms with Crippen LogP contribution >= 0.6 is 22.6 Å². The van der Waals surface area contributed by atoms with Crippen LogP contribution in [0, 0.1) is 21.3 Å². The van der Waals surface area contributed by atoms with Gasteiger partial charge in [-0.3, -0.25) is 14.5 Å². The number of fused-ring (bicyclic) bond motifs is 3. The molecule has 240 valence electrons. The average Bonchev–Trinajstić information content (AvgIpc) is 3.60. The molecule has 3 aromatic rings. The Kier molecular flexibility index (Phi) is 9.81. The van der Waals surface area contributed by atoms with Crippen LogP contribution in [0.25, 0.3) is 6.08 Å². The Hall–Kier alpha value is -3.67. The number of allylic oxidation sites excluding steroid dienone is 1. The number of nitrogens with zero attached hydrogens (tertiary/aromatic N) is 1. The summed E-state index contributed by atoms with van der Waals surface area (Å²) in [6, 6.07) is 21.1. The summed E-state index contributed by atoms with van der Waals surface area (Å²) in [7, 11) is 3.22. The Morgan fingerprint density at radius 3 is 2.48 bits per heavy atom. The van der Waals surface area contributed by atoms with E-state index in [1.807, 2.05) is 66.7 Å². The summed E-state index contributed by atoms with van der Waals surface area (Å²) in [6.07, 6.45) is 4.96. The Labute approximate surface area is 283 Å². The number of amides is 2. The molecule has 3 aromatic carbocycles. The van der Waals surface area contributed by atoms with E-state index in [0.29, 0.717) is 31.1 Å². The van der Waals surface area contributed by atoms with Crippen molar-refractivity contribution >= 4 is 57.5 Å². The summed E-state index contributed by atoms with van der Waals surface area (Å²) in [4.78, 5) is 29.2. The van der Waals surface area contributed by atoms with Crippen LogP contribution in [-0.2, 0) is 19.1 Å². The number of imide groups is 1. The fourth-order valence-corrected chi connectivity index (χ4v) is 7.78. The van der Waals surface area contributed by atoms with Gasteiger partial charge in [0, 0.05) is 24.4 Å². The van der Waals surface area contributed by atoms with Crippen molar-refractivity contribution in [1.29, 1.82) is 0 Å². The number of ether oxygens (including phenoxy) is 3. The number of carbonyl (C=O) groups excluding carboxylic acids is 2. The van der Waals surface area contributed by atoms with Crippen molar-refractivity contribution < 1.29 is 28.9 Å². The van der Waals surface area contributed by atoms with Gasteiger partial charge in [-0.25, -0.2) is 0 Å². The summed E-state index contributed by atoms with van der Waals surface area (Å²) < 4.78 is 18.1. The van der Waals surface area contributed by atoms with Gasteiger partial charge >= 0.3 is 0 Å². The summed E-state index contributed by atoms with van der Waals surface area (Å²) in [5.74, 6) is -0.709. The lowest BCUT2D eigenvalue weighted by Gasteiger charge is -2.31. The largest absolute Gasteiger partial charge is 0.504 e. The number of aromatic hydroxyl groups is 1. The van der Waals surface area contributed by atoms with Gasteiger partial charge in [0.1, 0.15) is 0 Å². The van der Waals surface area contributed by atoms with E-state index in [-0.39, 0.29) is 29.6 Å². The Bertz CT molecular complexity index is 1670. The summed E-state index contributed by atoms with van der Waals surface area (Å²) in [5, 5.41) is 13.6. The van der Waals surface area contributed by atoms with Gasteiger partial charge in [-0.2, -0.15) is 0 Å². The summed E-state index contributed by atoms with van der Waals surface area (Å²) in [6.45, 7) is 2.97. The molecule has 2 heterocycles. The second-order valence-corrected chi connectivity index (χ2v) is 13.2. The molecular formula is C37H39IN2O6. The first-order chi connectivity index (χ1) is 22.3. The molecule has 0 radical (unpaired) electrons. The zero-order valence-electron chi connectivity index (χ0n) is 26.3. The van der Waals surface area contributed by atoms with Crippen molar-refractivity contribution in [3.8, 4) is 11.5 Å². The second kappa shape index (κ2) is 14.0. The second-order valence-electron chi connectivity index (χ2n) is 12.1. The Balaban J connectivity index is 1.19. The lowest BCUT2D eigenvalue weighted by molar-refractivity contribution is -0.122. The van der Waals surface area contributed by atoms with E-state index in [2.05, 4.69) is 40.9 Å². The predicted molar refractivity (Wildman–Crippen MR) is 187 cm³/mol. The highest BCUT2D eigenvalue weighted by molar-refractivity contribution is 14.1. The van der Waals surface area contributed by atoms with Crippen LogP contribution in [-0.4, -0.2) is 50.5 Å². The molecule has 1 aliphatic carbocycles. The molecule has 2 amide bonds. The molecule has 2 saturated heterocycles. The molecule has 2 aliphatic heterocycles. The first kappa shape index (κ1) is 32.3. The Morgan fingerprint density at radius 2 is 1.78 bits per heavy atom. The van der Waals surface area contributed by atoms with Gasteiger partial charge in [0.05, 0.1) is 47.5 Å². The number of phenolic OH excluding ortho intramolecular Hbond substituents is 1. The predicted octanol–water partition coefficient (Wildman–Crippen LogP) is 7.49. The number of nitrogens with one attached hydrogen (secondary N) is 1. The van der Waals surface area contributed by atoms with Crippen LogP contribution in [0.5, 0.6) is 11.5 Å². The van der Waals surface area contributed by atoms with E-state index < -0.39 is 11.8 Å². The van der Waals surface area contributed by atoms with Crippen molar-refractivity contribution in [2.75, 3.05) is 37.7 Å². The van der Waals surface area contributed by atoms with Crippen LogP contribution in [0.3, 0.4) is 0 Å². The average molecular weight is 735 g/mol. The molecule has 8 nitrogen and oxygen atoms in total. The number of rotatable bonds is 11. The molecular weight excluding hydrogens is 695 g/mol. The van der Waals surface area contributed by atoms with Crippen molar-refractivity contribution in [1.82, 2.24) is 0 Å². The van der Waals surface area contributed by atoms with E-state index in [1.54, 1.807) is 14.2 Å². The fraction of sp³-hybridized carbons (Fsp3) is 0.351. The molecule has 0 saturated carbocycles. The van der Waals surface area contributed by atoms with Gasteiger partial charge in [-0.15, -0.1) is 0 Å². The van der Waals surface area contributed by atoms with Crippen LogP contribution in [0.2, 0.25) is 0 Å². The third kappa shape index (κ3) is 6.32. The minimum absolute atomic E-state index is 0.138. The molecule has 3 aliphatic rings. The number of methoxy groups -OCH3 is 2. The smallest absolute Gasteiger partial charge is 0.238 e. The SMILES string of the molecule is CC/C(=C\c1cc(I)c(O)c(OC)c1)CC[C@H]1OC[C@H]2C1=C(COC)C[C@H]1C(=O)N(c3ccc(Nc4ccccc4)cc3)C(=O)[C@H]12. The molecule has 0 unspecified atom stereocenters. The molecule has 0 aromatic heterocycles. The van der Waals surface area contributed by atoms with Crippen LogP contribution < -0.4 is 15.0 Å². The van der Waals surface area contributed by atoms with Crippen molar-refractivity contribution in [2.24, 2.45) is 17.8 Å². The van der Waals surface area contributed by atoms with Crippen molar-refractivity contribution in [3.63, 3.8) is 0 Å². The maximum Gasteiger partial charge on any atom is 0.238 e. The molecule has 2 fully saturated rings. The van der Waals surface area contributed by atoms with Gasteiger partial charge in [0.2, 0.25) is 11.8 Å². The number of hydrogen-bond acceptors (Lipinski definition) is 7. The molecule has 0 bridgehead atoms. The zero-order chi connectivity index (χ0) is 32.4. The van der Waals surface area contributed by atoms with Gasteiger partial charge in [0.15, 0.2) is 11.5 Å². The third-order valence-corrected chi connectivity index (χ3v) is 10.2. The highest BCUT2D eigenvalue weighted by Crippen LogP contribution is 2.50. The van der Waals surface area contributed by atoms with Gasteiger partial charge < -0.3 is 24.6 Å². The van der Waals surface area contributed by atoms with Crippen LogP contribution in [0.15, 0.2) is 83.4 Å². The molecule has 0 spiro atoms. The number of para-hydroxylation sites is 1. The number of benzene rings is 3. The van der Waals surface area contributed by atoms with Gasteiger partial charge in [-0.1, -0.05) is 36.8 Å². The quantitative estimate of drug-likeness (QED) is 0.120. The number of phenols is 1. The Morgan fingerprint density at radius 1 is 1.04 bits per heavy atom. The summed E-state index contributed by atoms with van der Waals surface area (Å²) in [5.41, 5.74) is 6.88. The van der Waals surface area contributed by atoms with Crippen molar-refractivity contribution in [2.45, 2.75) is 38.7 Å². The monoisotopic (exact) mass is 734 g/mol. The minimum Gasteiger partial charge on any atom is -0.504 e. The number of hydrogen-bond donors (Lipinski definition) is 2. The van der Waals surface area contributed by atoms with Crippen LogP contribution in [0.4, 0.5) is 17.1 Å². The molecule has 4 atom stereocenters. The van der Waals surface area contributed by atoms with E-state index in [4.69, 9.17) is 14.2 Å². The third-order valence-electron chi connectivity index (χ3n) is 9.34. The molecule has 46 heavy (non-hydrogen) atoms. The van der Waals surface area contributed by atoms with Crippen molar-refractivity contribution in [3.05, 3.63) is 92.6 Å². The lowest BCUT2D eigenvalue weighted by Crippen LogP contribution is -2.35. The highest BCUT2D eigenvalue weighted by atomic mass is 127. The molecule has 2 N–H and O–H groups in total. The summed E-state index contributed by atoms with van der Waals surface area (Å²) >= 11 is 2.11. The fourth-order valence-electron chi connectivity index (χ4n) is 7.15. The minimum atomic E-state index is -0.442. The standard InChI is InChI=1S/C37H39IN2O6/c1-4-22(16-23-17-30(38)35(41)32(18-23)45-3)10-15-31-33-24(20-44-2)19-28-34(29(33)21-46-31)37(43)40(36(28)42)27-13-11-26(12-14-27)39-25-8-6-5-7-9-25/h5-9,11-14,16-18,28-29,31,34,39,41H,4,10,15,19-21H2,1-3H3/b22-16+/t28-,29+,31-,34-/m1/s1. The highest BCUT2D eigenvalue weighted by Gasteiger charge is 2.57. The first-order valence-electron chi connectivity index (χ1n) is 15.7. The zero-order valence-corrected chi connectivity index (χ0v) is 28.5. The van der Waals surface area contributed by atoms with E-state index in [0.717, 1.165) is 50.9 Å². The van der Waals surface area contributed by atoms with Gasteiger partial charge in [0.25, 0.3) is 0 Å². The van der Waals surface area contributed by atoms with Crippen LogP contribution in [0.1, 0.15) is 38.2 Å². The maximum atomic E-state index is 14.0. The van der Waals surface area contributed by atoms with E-state index >= 15 is 0 Å². The topological polar surface area (TPSA) is 97.3 Å². The van der Waals surface area contributed by atoms with E-state index in [9.17, 15) is 14.7 Å². The number of carbonyl (C=O) groups is 2. The van der Waals surface area contributed by atoms with Gasteiger partial charge in [-0.05, 0) is 114 Å².